The molecule has 150 valence electrons. The highest BCUT2D eigenvalue weighted by atomic mass is 16.7. The number of carbonyl (C=O) groups excluding carboxylic acids is 1. The molecule has 1 amide bonds. The molecule has 0 radical (unpaired) electrons. The maximum Gasteiger partial charge on any atom is 0.272 e. The fourth-order valence-corrected chi connectivity index (χ4v) is 4.31. The number of ether oxygens (including phenoxy) is 2. The van der Waals surface area contributed by atoms with Gasteiger partial charge in [-0.3, -0.25) is 9.48 Å². The lowest BCUT2D eigenvalue weighted by Crippen LogP contribution is -2.46. The zero-order valence-corrected chi connectivity index (χ0v) is 17.2. The molecule has 0 saturated carbocycles. The van der Waals surface area contributed by atoms with Crippen molar-refractivity contribution in [2.24, 2.45) is 12.5 Å². The van der Waals surface area contributed by atoms with Gasteiger partial charge in [0, 0.05) is 20.1 Å². The number of fused-ring (bicyclic) bond motifs is 1. The van der Waals surface area contributed by atoms with E-state index in [2.05, 4.69) is 38.0 Å². The van der Waals surface area contributed by atoms with Gasteiger partial charge in [-0.25, -0.2) is 0 Å². The summed E-state index contributed by atoms with van der Waals surface area (Å²) in [6.45, 7) is 8.32. The molecular formula is C22H29N3O3. The topological polar surface area (TPSA) is 56.6 Å². The highest BCUT2D eigenvalue weighted by molar-refractivity contribution is 5.92. The largest absolute Gasteiger partial charge is 0.454 e. The molecule has 0 bridgehead atoms. The van der Waals surface area contributed by atoms with Gasteiger partial charge in [0.05, 0.1) is 5.69 Å². The second-order valence-electron chi connectivity index (χ2n) is 8.74. The summed E-state index contributed by atoms with van der Waals surface area (Å²) >= 11 is 0. The first-order chi connectivity index (χ1) is 13.3. The normalized spacial score (nSPS) is 21.4. The smallest absolute Gasteiger partial charge is 0.272 e. The Balaban J connectivity index is 1.49. The molecule has 0 unspecified atom stereocenters. The number of hydrogen-bond acceptors (Lipinski definition) is 4. The van der Waals surface area contributed by atoms with E-state index in [9.17, 15) is 4.79 Å². The Bertz CT molecular complexity index is 889. The Morgan fingerprint density at radius 2 is 2.04 bits per heavy atom. The number of carbonyl (C=O) groups is 1. The Labute approximate surface area is 166 Å². The van der Waals surface area contributed by atoms with E-state index in [0.29, 0.717) is 18.4 Å². The summed E-state index contributed by atoms with van der Waals surface area (Å²) in [4.78, 5) is 15.2. The molecule has 1 aromatic carbocycles. The predicted octanol–water partition coefficient (Wildman–Crippen LogP) is 3.76. The van der Waals surface area contributed by atoms with Crippen molar-refractivity contribution in [3.8, 4) is 11.5 Å². The maximum absolute atomic E-state index is 13.2. The first-order valence-corrected chi connectivity index (χ1v) is 10.1. The van der Waals surface area contributed by atoms with Crippen molar-refractivity contribution >= 4 is 5.91 Å². The van der Waals surface area contributed by atoms with Crippen molar-refractivity contribution in [2.75, 3.05) is 19.9 Å². The Hall–Kier alpha value is -2.50. The van der Waals surface area contributed by atoms with Crippen LogP contribution in [0.15, 0.2) is 24.3 Å². The van der Waals surface area contributed by atoms with Crippen LogP contribution in [0.1, 0.15) is 61.3 Å². The number of amides is 1. The molecule has 1 aromatic heterocycles. The zero-order chi connectivity index (χ0) is 19.9. The molecule has 28 heavy (non-hydrogen) atoms. The highest BCUT2D eigenvalue weighted by Crippen LogP contribution is 2.38. The molecule has 0 N–H and O–H groups in total. The minimum absolute atomic E-state index is 0.0427. The lowest BCUT2D eigenvalue weighted by molar-refractivity contribution is 0.0540. The first-order valence-electron chi connectivity index (χ1n) is 10.1. The summed E-state index contributed by atoms with van der Waals surface area (Å²) in [5.74, 6) is 2.02. The van der Waals surface area contributed by atoms with Crippen molar-refractivity contribution in [1.82, 2.24) is 14.7 Å². The van der Waals surface area contributed by atoms with Crippen molar-refractivity contribution in [3.05, 3.63) is 41.2 Å². The first kappa shape index (κ1) is 18.8. The van der Waals surface area contributed by atoms with Crippen molar-refractivity contribution < 1.29 is 14.3 Å². The van der Waals surface area contributed by atoms with Gasteiger partial charge in [0.25, 0.3) is 5.91 Å². The summed E-state index contributed by atoms with van der Waals surface area (Å²) in [7, 11) is 1.86. The van der Waals surface area contributed by atoms with Crippen LogP contribution in [0.25, 0.3) is 0 Å². The quantitative estimate of drug-likeness (QED) is 0.807. The Kier molecular flexibility index (Phi) is 4.81. The van der Waals surface area contributed by atoms with E-state index >= 15 is 0 Å². The SMILES string of the molecule is CC(C)c1cc(C(=O)N2CCC[C@@](C)(Cc3ccc4c(c3)OCO4)C2)n(C)n1. The minimum Gasteiger partial charge on any atom is -0.454 e. The monoisotopic (exact) mass is 383 g/mol. The third-order valence-electron chi connectivity index (χ3n) is 5.85. The van der Waals surface area contributed by atoms with Crippen LogP contribution in [-0.4, -0.2) is 40.5 Å². The molecule has 0 aliphatic carbocycles. The van der Waals surface area contributed by atoms with Gasteiger partial charge in [0.2, 0.25) is 6.79 Å². The fraction of sp³-hybridized carbons (Fsp3) is 0.545. The van der Waals surface area contributed by atoms with Gasteiger partial charge in [-0.05, 0) is 54.4 Å². The molecule has 6 nitrogen and oxygen atoms in total. The average molecular weight is 383 g/mol. The van der Waals surface area contributed by atoms with E-state index in [1.807, 2.05) is 24.1 Å². The maximum atomic E-state index is 13.2. The Morgan fingerprint density at radius 3 is 2.79 bits per heavy atom. The molecule has 2 aliphatic rings. The third-order valence-corrected chi connectivity index (χ3v) is 5.85. The second-order valence-corrected chi connectivity index (χ2v) is 8.74. The van der Waals surface area contributed by atoms with Crippen molar-refractivity contribution in [1.29, 1.82) is 0 Å². The molecule has 2 aliphatic heterocycles. The van der Waals surface area contributed by atoms with Gasteiger partial charge in [-0.1, -0.05) is 26.8 Å². The fourth-order valence-electron chi connectivity index (χ4n) is 4.31. The molecule has 2 aromatic rings. The van der Waals surface area contributed by atoms with E-state index in [1.165, 1.54) is 5.56 Å². The van der Waals surface area contributed by atoms with E-state index < -0.39 is 0 Å². The number of benzene rings is 1. The van der Waals surface area contributed by atoms with E-state index in [-0.39, 0.29) is 11.3 Å². The van der Waals surface area contributed by atoms with Crippen LogP contribution in [0.4, 0.5) is 0 Å². The zero-order valence-electron chi connectivity index (χ0n) is 17.2. The number of piperidine rings is 1. The standard InChI is InChI=1S/C22H29N3O3/c1-15(2)17-11-18(24(4)23-17)21(26)25-9-5-8-22(3,13-25)12-16-6-7-19-20(10-16)28-14-27-19/h6-7,10-11,15H,5,8-9,12-14H2,1-4H3/t22-/m0/s1. The molecule has 4 rings (SSSR count). The van der Waals surface area contributed by atoms with Crippen molar-refractivity contribution in [2.45, 2.75) is 46.0 Å². The summed E-state index contributed by atoms with van der Waals surface area (Å²) in [5, 5.41) is 4.51. The van der Waals surface area contributed by atoms with E-state index in [4.69, 9.17) is 9.47 Å². The summed E-state index contributed by atoms with van der Waals surface area (Å²) < 4.78 is 12.7. The number of aryl methyl sites for hydroxylation is 1. The molecular weight excluding hydrogens is 354 g/mol. The highest BCUT2D eigenvalue weighted by Gasteiger charge is 2.35. The van der Waals surface area contributed by atoms with Gasteiger partial charge < -0.3 is 14.4 Å². The number of aromatic nitrogens is 2. The van der Waals surface area contributed by atoms with Crippen LogP contribution in [0.2, 0.25) is 0 Å². The van der Waals surface area contributed by atoms with E-state index in [0.717, 1.165) is 49.5 Å². The van der Waals surface area contributed by atoms with Crippen LogP contribution in [0, 0.1) is 5.41 Å². The number of rotatable bonds is 4. The molecule has 0 spiro atoms. The Morgan fingerprint density at radius 1 is 1.25 bits per heavy atom. The lowest BCUT2D eigenvalue weighted by atomic mass is 9.77. The molecule has 1 fully saturated rings. The molecule has 1 saturated heterocycles. The van der Waals surface area contributed by atoms with Crippen LogP contribution in [0.5, 0.6) is 11.5 Å². The van der Waals surface area contributed by atoms with Gasteiger partial charge in [-0.2, -0.15) is 5.10 Å². The number of hydrogen-bond donors (Lipinski definition) is 0. The van der Waals surface area contributed by atoms with Gasteiger partial charge >= 0.3 is 0 Å². The molecule has 3 heterocycles. The lowest BCUT2D eigenvalue weighted by Gasteiger charge is -2.40. The van der Waals surface area contributed by atoms with Crippen molar-refractivity contribution in [3.63, 3.8) is 0 Å². The van der Waals surface area contributed by atoms with Gasteiger partial charge in [0.1, 0.15) is 5.69 Å². The second kappa shape index (κ2) is 7.15. The summed E-state index contributed by atoms with van der Waals surface area (Å²) in [6, 6.07) is 8.10. The third kappa shape index (κ3) is 3.60. The number of nitrogens with zero attached hydrogens (tertiary/aromatic N) is 3. The van der Waals surface area contributed by atoms with Crippen LogP contribution < -0.4 is 9.47 Å². The van der Waals surface area contributed by atoms with Gasteiger partial charge in [0.15, 0.2) is 11.5 Å². The molecule has 1 atom stereocenters. The van der Waals surface area contributed by atoms with Crippen LogP contribution in [0.3, 0.4) is 0 Å². The summed E-state index contributed by atoms with van der Waals surface area (Å²) in [6.07, 6.45) is 3.03. The number of likely N-dealkylation sites (tertiary alicyclic amines) is 1. The van der Waals surface area contributed by atoms with Crippen LogP contribution >= 0.6 is 0 Å². The van der Waals surface area contributed by atoms with E-state index in [1.54, 1.807) is 4.68 Å². The average Bonchev–Trinajstić information content (AvgIpc) is 3.26. The van der Waals surface area contributed by atoms with Crippen LogP contribution in [-0.2, 0) is 13.5 Å². The minimum atomic E-state index is 0.0427. The summed E-state index contributed by atoms with van der Waals surface area (Å²) in [5.41, 5.74) is 2.91. The predicted molar refractivity (Wildman–Crippen MR) is 107 cm³/mol. The van der Waals surface area contributed by atoms with Gasteiger partial charge in [-0.15, -0.1) is 0 Å². The molecule has 6 heteroatoms.